The van der Waals surface area contributed by atoms with Crippen LogP contribution in [0.4, 0.5) is 0 Å². The third-order valence-electron chi connectivity index (χ3n) is 1.78. The molecule has 1 aliphatic heterocycles. The molecule has 0 bridgehead atoms. The molecule has 1 rings (SSSR count). The van der Waals surface area contributed by atoms with Crippen LogP contribution >= 0.6 is 0 Å². The van der Waals surface area contributed by atoms with E-state index in [1.54, 1.807) is 0 Å². The molecule has 4 nitrogen and oxygen atoms in total. The smallest absolute Gasteiger partial charge is 0.329 e. The molecule has 0 aromatic carbocycles. The summed E-state index contributed by atoms with van der Waals surface area (Å²) >= 11 is 0. The predicted octanol–water partition coefficient (Wildman–Crippen LogP) is 0.353. The van der Waals surface area contributed by atoms with Crippen LogP contribution in [0, 0.1) is 0 Å². The molecule has 0 spiro atoms. The lowest BCUT2D eigenvalue weighted by Gasteiger charge is -2.21. The van der Waals surface area contributed by atoms with Crippen molar-refractivity contribution in [3.8, 4) is 0 Å². The first-order chi connectivity index (χ1) is 5.79. The Balaban J connectivity index is 2.17. The summed E-state index contributed by atoms with van der Waals surface area (Å²) in [6.45, 7) is 1.52. The number of hydrogen-bond donors (Lipinski definition) is 2. The fourth-order valence-electron chi connectivity index (χ4n) is 1.12. The zero-order chi connectivity index (χ0) is 8.81. The topological polar surface area (TPSA) is 58.6 Å². The molecule has 1 saturated heterocycles. The van der Waals surface area contributed by atoms with Crippen molar-refractivity contribution in [1.82, 2.24) is 5.32 Å². The summed E-state index contributed by atoms with van der Waals surface area (Å²) in [5.74, 6) is -0.922. The van der Waals surface area contributed by atoms with Gasteiger partial charge in [0.1, 0.15) is 0 Å². The molecule has 0 aliphatic carbocycles. The Hall–Kier alpha value is -1.03. The number of rotatable bonds is 3. The van der Waals surface area contributed by atoms with Crippen molar-refractivity contribution < 1.29 is 14.6 Å². The van der Waals surface area contributed by atoms with E-state index >= 15 is 0 Å². The highest BCUT2D eigenvalue weighted by Crippen LogP contribution is 2.05. The maximum absolute atomic E-state index is 10.1. The van der Waals surface area contributed by atoms with E-state index in [1.165, 1.54) is 6.20 Å². The minimum Gasteiger partial charge on any atom is -0.478 e. The normalized spacial score (nSPS) is 19.7. The molecule has 0 aromatic rings. The number of carboxylic acid groups (broad SMARTS) is 1. The van der Waals surface area contributed by atoms with Crippen LogP contribution in [0.1, 0.15) is 12.8 Å². The third-order valence-corrected chi connectivity index (χ3v) is 1.78. The van der Waals surface area contributed by atoms with E-state index < -0.39 is 5.97 Å². The van der Waals surface area contributed by atoms with E-state index in [0.717, 1.165) is 32.1 Å². The van der Waals surface area contributed by atoms with Crippen LogP contribution in [0.3, 0.4) is 0 Å². The minimum absolute atomic E-state index is 0.370. The van der Waals surface area contributed by atoms with Gasteiger partial charge in [-0.1, -0.05) is 0 Å². The zero-order valence-corrected chi connectivity index (χ0v) is 6.82. The van der Waals surface area contributed by atoms with Crippen LogP contribution in [-0.4, -0.2) is 30.3 Å². The first kappa shape index (κ1) is 9.06. The number of carbonyl (C=O) groups is 1. The summed E-state index contributed by atoms with van der Waals surface area (Å²) in [6.07, 6.45) is 4.49. The highest BCUT2D eigenvalue weighted by atomic mass is 16.5. The molecule has 0 aromatic heterocycles. The summed E-state index contributed by atoms with van der Waals surface area (Å²) in [5, 5.41) is 11.3. The summed E-state index contributed by atoms with van der Waals surface area (Å²) < 4.78 is 5.15. The van der Waals surface area contributed by atoms with E-state index in [0.29, 0.717) is 6.04 Å². The van der Waals surface area contributed by atoms with Crippen LogP contribution in [0.15, 0.2) is 12.3 Å². The van der Waals surface area contributed by atoms with Gasteiger partial charge in [0.15, 0.2) is 0 Å². The second-order valence-corrected chi connectivity index (χ2v) is 2.72. The van der Waals surface area contributed by atoms with Crippen molar-refractivity contribution in [3.05, 3.63) is 12.3 Å². The van der Waals surface area contributed by atoms with Gasteiger partial charge in [-0.2, -0.15) is 0 Å². The highest BCUT2D eigenvalue weighted by Gasteiger charge is 2.10. The van der Waals surface area contributed by atoms with E-state index in [4.69, 9.17) is 9.84 Å². The van der Waals surface area contributed by atoms with E-state index in [9.17, 15) is 4.79 Å². The molecule has 0 saturated carbocycles. The van der Waals surface area contributed by atoms with Crippen molar-refractivity contribution in [1.29, 1.82) is 0 Å². The molecule has 0 amide bonds. The Kier molecular flexibility index (Phi) is 3.60. The number of ether oxygens (including phenoxy) is 1. The first-order valence-electron chi connectivity index (χ1n) is 4.02. The molecule has 1 fully saturated rings. The Bertz CT molecular complexity index is 173. The van der Waals surface area contributed by atoms with Crippen molar-refractivity contribution in [2.24, 2.45) is 0 Å². The van der Waals surface area contributed by atoms with Gasteiger partial charge in [0, 0.05) is 31.5 Å². The maximum Gasteiger partial charge on any atom is 0.329 e. The number of aliphatic carboxylic acids is 1. The molecular weight excluding hydrogens is 158 g/mol. The molecule has 1 aliphatic rings. The molecule has 2 N–H and O–H groups in total. The third kappa shape index (κ3) is 3.39. The summed E-state index contributed by atoms with van der Waals surface area (Å²) in [7, 11) is 0. The SMILES string of the molecule is O=C(O)/C=C/NC1CCOCC1. The van der Waals surface area contributed by atoms with Crippen molar-refractivity contribution >= 4 is 5.97 Å². The Morgan fingerprint density at radius 2 is 2.17 bits per heavy atom. The Morgan fingerprint density at radius 1 is 1.50 bits per heavy atom. The second-order valence-electron chi connectivity index (χ2n) is 2.72. The molecule has 68 valence electrons. The van der Waals surface area contributed by atoms with Crippen LogP contribution in [0.25, 0.3) is 0 Å². The van der Waals surface area contributed by atoms with Gasteiger partial charge in [-0.05, 0) is 12.8 Å². The van der Waals surface area contributed by atoms with Crippen LogP contribution in [-0.2, 0) is 9.53 Å². The standard InChI is InChI=1S/C8H13NO3/c10-8(11)1-4-9-7-2-5-12-6-3-7/h1,4,7,9H,2-3,5-6H2,(H,10,11)/b4-1+. The van der Waals surface area contributed by atoms with Crippen LogP contribution < -0.4 is 5.32 Å². The first-order valence-corrected chi connectivity index (χ1v) is 4.02. The second kappa shape index (κ2) is 4.77. The van der Waals surface area contributed by atoms with Gasteiger partial charge in [-0.15, -0.1) is 0 Å². The van der Waals surface area contributed by atoms with Crippen molar-refractivity contribution in [2.75, 3.05) is 13.2 Å². The fourth-order valence-corrected chi connectivity index (χ4v) is 1.12. The highest BCUT2D eigenvalue weighted by molar-refractivity contribution is 5.79. The Morgan fingerprint density at radius 3 is 2.75 bits per heavy atom. The van der Waals surface area contributed by atoms with E-state index in [-0.39, 0.29) is 0 Å². The zero-order valence-electron chi connectivity index (χ0n) is 6.82. The monoisotopic (exact) mass is 171 g/mol. The number of hydrogen-bond acceptors (Lipinski definition) is 3. The molecular formula is C8H13NO3. The molecule has 1 heterocycles. The lowest BCUT2D eigenvalue weighted by Crippen LogP contribution is -2.31. The molecule has 0 atom stereocenters. The van der Waals surface area contributed by atoms with Gasteiger partial charge in [0.2, 0.25) is 0 Å². The van der Waals surface area contributed by atoms with Crippen LogP contribution in [0.5, 0.6) is 0 Å². The number of nitrogens with one attached hydrogen (secondary N) is 1. The van der Waals surface area contributed by atoms with Crippen LogP contribution in [0.2, 0.25) is 0 Å². The summed E-state index contributed by atoms with van der Waals surface area (Å²) in [4.78, 5) is 10.1. The van der Waals surface area contributed by atoms with Gasteiger partial charge in [-0.25, -0.2) is 4.79 Å². The minimum atomic E-state index is -0.922. The number of carboxylic acids is 1. The fraction of sp³-hybridized carbons (Fsp3) is 0.625. The van der Waals surface area contributed by atoms with Crippen molar-refractivity contribution in [3.63, 3.8) is 0 Å². The van der Waals surface area contributed by atoms with Crippen molar-refractivity contribution in [2.45, 2.75) is 18.9 Å². The molecule has 12 heavy (non-hydrogen) atoms. The summed E-state index contributed by atoms with van der Waals surface area (Å²) in [5.41, 5.74) is 0. The average molecular weight is 171 g/mol. The van der Waals surface area contributed by atoms with Gasteiger partial charge >= 0.3 is 5.97 Å². The molecule has 4 heteroatoms. The van der Waals surface area contributed by atoms with Gasteiger partial charge in [0.25, 0.3) is 0 Å². The largest absolute Gasteiger partial charge is 0.478 e. The lowest BCUT2D eigenvalue weighted by molar-refractivity contribution is -0.131. The molecule has 0 radical (unpaired) electrons. The van der Waals surface area contributed by atoms with Gasteiger partial charge in [-0.3, -0.25) is 0 Å². The van der Waals surface area contributed by atoms with E-state index in [2.05, 4.69) is 5.32 Å². The van der Waals surface area contributed by atoms with E-state index in [1.807, 2.05) is 0 Å². The quantitative estimate of drug-likeness (QED) is 0.602. The van der Waals surface area contributed by atoms with Gasteiger partial charge in [0.05, 0.1) is 0 Å². The van der Waals surface area contributed by atoms with Gasteiger partial charge < -0.3 is 15.2 Å². The lowest BCUT2D eigenvalue weighted by atomic mass is 10.1. The summed E-state index contributed by atoms with van der Waals surface area (Å²) in [6, 6.07) is 0.370. The predicted molar refractivity (Wildman–Crippen MR) is 43.8 cm³/mol. The molecule has 0 unspecified atom stereocenters. The average Bonchev–Trinajstić information content (AvgIpc) is 2.05. The Labute approximate surface area is 71.2 Å². The maximum atomic E-state index is 10.1.